The van der Waals surface area contributed by atoms with Crippen molar-refractivity contribution in [3.8, 4) is 5.75 Å². The van der Waals surface area contributed by atoms with Crippen LogP contribution in [0.25, 0.3) is 0 Å². The number of nitrogens with zero attached hydrogens (tertiary/aromatic N) is 1. The fourth-order valence-electron chi connectivity index (χ4n) is 2.24. The van der Waals surface area contributed by atoms with Gasteiger partial charge in [0.15, 0.2) is 0 Å². The summed E-state index contributed by atoms with van der Waals surface area (Å²) < 4.78 is 19.4. The van der Waals surface area contributed by atoms with E-state index in [-0.39, 0.29) is 5.82 Å². The van der Waals surface area contributed by atoms with Crippen LogP contribution < -0.4 is 10.1 Å². The van der Waals surface area contributed by atoms with Crippen LogP contribution >= 0.6 is 15.9 Å². The number of benzene rings is 1. The highest BCUT2D eigenvalue weighted by molar-refractivity contribution is 9.10. The Labute approximate surface area is 115 Å². The maximum Gasteiger partial charge on any atom is 0.136 e. The Morgan fingerprint density at radius 1 is 1.39 bits per heavy atom. The van der Waals surface area contributed by atoms with Crippen molar-refractivity contribution < 1.29 is 9.13 Å². The largest absolute Gasteiger partial charge is 0.495 e. The summed E-state index contributed by atoms with van der Waals surface area (Å²) in [5, 5.41) is 3.32. The van der Waals surface area contributed by atoms with Gasteiger partial charge in [0.05, 0.1) is 11.6 Å². The van der Waals surface area contributed by atoms with Crippen LogP contribution in [0.2, 0.25) is 0 Å². The van der Waals surface area contributed by atoms with Crippen LogP contribution in [-0.4, -0.2) is 44.7 Å². The summed E-state index contributed by atoms with van der Waals surface area (Å²) in [6.45, 7) is 5.11. The molecule has 0 atom stereocenters. The third kappa shape index (κ3) is 3.43. The molecule has 100 valence electrons. The molecule has 1 aliphatic rings. The third-order valence-electron chi connectivity index (χ3n) is 3.20. The molecular weight excluding hydrogens is 299 g/mol. The second-order valence-electron chi connectivity index (χ2n) is 4.42. The van der Waals surface area contributed by atoms with E-state index in [9.17, 15) is 4.39 Å². The molecular formula is C13H18BrFN2O. The summed E-state index contributed by atoms with van der Waals surface area (Å²) in [5.74, 6) is 0.518. The quantitative estimate of drug-likeness (QED) is 0.920. The Morgan fingerprint density at radius 2 is 2.11 bits per heavy atom. The highest BCUT2D eigenvalue weighted by atomic mass is 79.9. The average molecular weight is 317 g/mol. The summed E-state index contributed by atoms with van der Waals surface area (Å²) in [7, 11) is 1.62. The molecule has 2 rings (SSSR count). The number of hydrogen-bond donors (Lipinski definition) is 1. The molecule has 0 aliphatic carbocycles. The van der Waals surface area contributed by atoms with E-state index in [1.165, 1.54) is 6.07 Å². The zero-order chi connectivity index (χ0) is 13.0. The van der Waals surface area contributed by atoms with Crippen molar-refractivity contribution in [1.29, 1.82) is 0 Å². The SMILES string of the molecule is COc1c(Br)cc(F)cc1CCN1CCNCC1. The van der Waals surface area contributed by atoms with E-state index in [0.29, 0.717) is 4.47 Å². The van der Waals surface area contributed by atoms with Gasteiger partial charge in [0.25, 0.3) is 0 Å². The highest BCUT2D eigenvalue weighted by Gasteiger charge is 2.13. The van der Waals surface area contributed by atoms with Crippen molar-refractivity contribution in [3.05, 3.63) is 28.0 Å². The minimum atomic E-state index is -0.224. The Balaban J connectivity index is 2.03. The number of methoxy groups -OCH3 is 1. The molecule has 18 heavy (non-hydrogen) atoms. The van der Waals surface area contributed by atoms with E-state index in [2.05, 4.69) is 26.1 Å². The van der Waals surface area contributed by atoms with Crippen LogP contribution in [0, 0.1) is 5.82 Å². The molecule has 0 saturated carbocycles. The molecule has 3 nitrogen and oxygen atoms in total. The molecule has 1 aromatic carbocycles. The summed E-state index contributed by atoms with van der Waals surface area (Å²) in [6, 6.07) is 3.00. The predicted octanol–water partition coefficient (Wildman–Crippen LogP) is 2.04. The van der Waals surface area contributed by atoms with Crippen molar-refractivity contribution in [1.82, 2.24) is 10.2 Å². The Morgan fingerprint density at radius 3 is 2.78 bits per heavy atom. The lowest BCUT2D eigenvalue weighted by atomic mass is 10.1. The van der Waals surface area contributed by atoms with Crippen LogP contribution in [0.3, 0.4) is 0 Å². The van der Waals surface area contributed by atoms with E-state index < -0.39 is 0 Å². The van der Waals surface area contributed by atoms with E-state index in [1.54, 1.807) is 13.2 Å². The van der Waals surface area contributed by atoms with Crippen LogP contribution in [0.1, 0.15) is 5.56 Å². The summed E-state index contributed by atoms with van der Waals surface area (Å²) in [6.07, 6.45) is 0.805. The van der Waals surface area contributed by atoms with Gasteiger partial charge in [-0.15, -0.1) is 0 Å². The van der Waals surface area contributed by atoms with Crippen LogP contribution in [0.15, 0.2) is 16.6 Å². The first-order chi connectivity index (χ1) is 8.70. The summed E-state index contributed by atoms with van der Waals surface area (Å²) >= 11 is 3.34. The first kappa shape index (κ1) is 13.8. The second kappa shape index (κ2) is 6.50. The molecule has 1 saturated heterocycles. The normalized spacial score (nSPS) is 16.8. The standard InChI is InChI=1S/C13H18BrFN2O/c1-18-13-10(8-11(15)9-12(13)14)2-5-17-6-3-16-4-7-17/h8-9,16H,2-7H2,1H3. The molecule has 0 spiro atoms. The Kier molecular flexibility index (Phi) is 4.97. The Bertz CT molecular complexity index is 408. The van der Waals surface area contributed by atoms with Crippen molar-refractivity contribution in [2.45, 2.75) is 6.42 Å². The van der Waals surface area contributed by atoms with Gasteiger partial charge in [-0.25, -0.2) is 4.39 Å². The number of ether oxygens (including phenoxy) is 1. The van der Waals surface area contributed by atoms with Crippen molar-refractivity contribution in [2.75, 3.05) is 39.8 Å². The molecule has 1 fully saturated rings. The molecule has 1 N–H and O–H groups in total. The van der Waals surface area contributed by atoms with Gasteiger partial charge < -0.3 is 15.0 Å². The predicted molar refractivity (Wildman–Crippen MR) is 73.7 cm³/mol. The molecule has 5 heteroatoms. The van der Waals surface area contributed by atoms with Gasteiger partial charge in [0.2, 0.25) is 0 Å². The van der Waals surface area contributed by atoms with Crippen molar-refractivity contribution in [3.63, 3.8) is 0 Å². The monoisotopic (exact) mass is 316 g/mol. The maximum atomic E-state index is 13.4. The molecule has 0 amide bonds. The third-order valence-corrected chi connectivity index (χ3v) is 3.79. The van der Waals surface area contributed by atoms with Gasteiger partial charge >= 0.3 is 0 Å². The maximum absolute atomic E-state index is 13.4. The first-order valence-corrected chi connectivity index (χ1v) is 6.95. The summed E-state index contributed by atoms with van der Waals surface area (Å²) in [5.41, 5.74) is 0.919. The van der Waals surface area contributed by atoms with Crippen LogP contribution in [-0.2, 0) is 6.42 Å². The number of nitrogens with one attached hydrogen (secondary N) is 1. The first-order valence-electron chi connectivity index (χ1n) is 6.15. The highest BCUT2D eigenvalue weighted by Crippen LogP contribution is 2.30. The minimum absolute atomic E-state index is 0.224. The fraction of sp³-hybridized carbons (Fsp3) is 0.538. The lowest BCUT2D eigenvalue weighted by Crippen LogP contribution is -2.44. The van der Waals surface area contributed by atoms with Crippen LogP contribution in [0.4, 0.5) is 4.39 Å². The minimum Gasteiger partial charge on any atom is -0.495 e. The van der Waals surface area contributed by atoms with Gasteiger partial charge in [-0.3, -0.25) is 0 Å². The number of rotatable bonds is 4. The zero-order valence-corrected chi connectivity index (χ0v) is 12.1. The van der Waals surface area contributed by atoms with Gasteiger partial charge in [0.1, 0.15) is 11.6 Å². The van der Waals surface area contributed by atoms with E-state index >= 15 is 0 Å². The Hall–Kier alpha value is -0.650. The second-order valence-corrected chi connectivity index (χ2v) is 5.28. The smallest absolute Gasteiger partial charge is 0.136 e. The van der Waals surface area contributed by atoms with Gasteiger partial charge in [0, 0.05) is 32.7 Å². The van der Waals surface area contributed by atoms with Crippen molar-refractivity contribution >= 4 is 15.9 Å². The molecule has 0 bridgehead atoms. The van der Waals surface area contributed by atoms with Gasteiger partial charge in [-0.2, -0.15) is 0 Å². The zero-order valence-electron chi connectivity index (χ0n) is 10.5. The topological polar surface area (TPSA) is 24.5 Å². The molecule has 0 radical (unpaired) electrons. The average Bonchev–Trinajstić information content (AvgIpc) is 2.37. The lowest BCUT2D eigenvalue weighted by Gasteiger charge is -2.27. The lowest BCUT2D eigenvalue weighted by molar-refractivity contribution is 0.243. The molecule has 1 aromatic rings. The van der Waals surface area contributed by atoms with E-state index in [0.717, 1.165) is 50.5 Å². The van der Waals surface area contributed by atoms with Crippen molar-refractivity contribution in [2.24, 2.45) is 0 Å². The van der Waals surface area contributed by atoms with Gasteiger partial charge in [-0.05, 0) is 40.0 Å². The molecule has 1 heterocycles. The number of halogens is 2. The fourth-order valence-corrected chi connectivity index (χ4v) is 2.88. The molecule has 0 aromatic heterocycles. The number of hydrogen-bond acceptors (Lipinski definition) is 3. The molecule has 0 unspecified atom stereocenters. The van der Waals surface area contributed by atoms with Gasteiger partial charge in [-0.1, -0.05) is 0 Å². The summed E-state index contributed by atoms with van der Waals surface area (Å²) in [4.78, 5) is 2.38. The molecule has 1 aliphatic heterocycles. The van der Waals surface area contributed by atoms with E-state index in [4.69, 9.17) is 4.74 Å². The van der Waals surface area contributed by atoms with E-state index in [1.807, 2.05) is 0 Å². The number of piperazine rings is 1. The van der Waals surface area contributed by atoms with Crippen LogP contribution in [0.5, 0.6) is 5.75 Å².